The Hall–Kier alpha value is -2.26. The van der Waals surface area contributed by atoms with E-state index in [-0.39, 0.29) is 30.9 Å². The summed E-state index contributed by atoms with van der Waals surface area (Å²) in [6, 6.07) is 3.70. The Labute approximate surface area is 214 Å². The highest BCUT2D eigenvalue weighted by Crippen LogP contribution is 2.28. The molecule has 0 radical (unpaired) electrons. The third kappa shape index (κ3) is 8.42. The molecule has 1 aliphatic carbocycles. The quantitative estimate of drug-likeness (QED) is 0.383. The minimum absolute atomic E-state index is 0.00374. The second-order valence-electron chi connectivity index (χ2n) is 10.2. The molecule has 0 aliphatic heterocycles. The van der Waals surface area contributed by atoms with Gasteiger partial charge in [0.25, 0.3) is 0 Å². The van der Waals surface area contributed by atoms with Crippen LogP contribution in [0.5, 0.6) is 0 Å². The molecule has 1 fully saturated rings. The normalized spacial score (nSPS) is 16.2. The molecule has 0 bridgehead atoms. The Morgan fingerprint density at radius 3 is 2.40 bits per heavy atom. The standard InChI is InChI=1S/C26H41N3O5S/c1-17-10-9-13-20(18(17)2)22(23(31)27-19-11-7-6-8-12-19)29(14-15-30)24(32)21(16-35)28-25(33)34-26(3,4)5/h9-10,13,19,21-22,30,35H,6-8,11-12,14-16H2,1-5H3,(H,27,31)(H,28,33). The first kappa shape index (κ1) is 29.0. The van der Waals surface area contributed by atoms with Crippen LogP contribution in [0, 0.1) is 13.8 Å². The van der Waals surface area contributed by atoms with E-state index in [9.17, 15) is 19.5 Å². The molecule has 3 N–H and O–H groups in total. The van der Waals surface area contributed by atoms with E-state index in [4.69, 9.17) is 4.74 Å². The molecule has 8 nitrogen and oxygen atoms in total. The summed E-state index contributed by atoms with van der Waals surface area (Å²) in [4.78, 5) is 41.1. The lowest BCUT2D eigenvalue weighted by Crippen LogP contribution is -2.55. The summed E-state index contributed by atoms with van der Waals surface area (Å²) in [5.41, 5.74) is 1.84. The van der Waals surface area contributed by atoms with Crippen LogP contribution in [0.15, 0.2) is 18.2 Å². The number of carbonyl (C=O) groups excluding carboxylic acids is 3. The molecule has 196 valence electrons. The second kappa shape index (κ2) is 13.2. The molecule has 1 aromatic rings. The number of benzene rings is 1. The lowest BCUT2D eigenvalue weighted by atomic mass is 9.92. The highest BCUT2D eigenvalue weighted by atomic mass is 32.1. The zero-order valence-electron chi connectivity index (χ0n) is 21.6. The van der Waals surface area contributed by atoms with Gasteiger partial charge >= 0.3 is 6.09 Å². The number of alkyl carbamates (subject to hydrolysis) is 1. The topological polar surface area (TPSA) is 108 Å². The minimum atomic E-state index is -1.03. The summed E-state index contributed by atoms with van der Waals surface area (Å²) < 4.78 is 5.30. The van der Waals surface area contributed by atoms with Crippen molar-refractivity contribution < 1.29 is 24.2 Å². The van der Waals surface area contributed by atoms with Crippen LogP contribution >= 0.6 is 12.6 Å². The predicted molar refractivity (Wildman–Crippen MR) is 139 cm³/mol. The Balaban J connectivity index is 2.41. The number of aryl methyl sites for hydroxylation is 1. The van der Waals surface area contributed by atoms with E-state index in [1.165, 1.54) is 4.90 Å². The molecule has 0 spiro atoms. The Kier molecular flexibility index (Phi) is 10.9. The van der Waals surface area contributed by atoms with Gasteiger partial charge in [0, 0.05) is 18.3 Å². The smallest absolute Gasteiger partial charge is 0.408 e. The number of nitrogens with zero attached hydrogens (tertiary/aromatic N) is 1. The summed E-state index contributed by atoms with van der Waals surface area (Å²) >= 11 is 4.27. The number of ether oxygens (including phenoxy) is 1. The fourth-order valence-electron chi connectivity index (χ4n) is 4.36. The van der Waals surface area contributed by atoms with E-state index < -0.39 is 29.7 Å². The van der Waals surface area contributed by atoms with Crippen molar-refractivity contribution in [3.8, 4) is 0 Å². The maximum absolute atomic E-state index is 13.7. The third-order valence-electron chi connectivity index (χ3n) is 6.25. The van der Waals surface area contributed by atoms with Crippen LogP contribution in [0.3, 0.4) is 0 Å². The van der Waals surface area contributed by atoms with E-state index in [1.807, 2.05) is 32.0 Å². The average molecular weight is 508 g/mol. The van der Waals surface area contributed by atoms with Crippen LogP contribution < -0.4 is 10.6 Å². The monoisotopic (exact) mass is 507 g/mol. The van der Waals surface area contributed by atoms with Crippen molar-refractivity contribution in [2.75, 3.05) is 18.9 Å². The van der Waals surface area contributed by atoms with E-state index in [2.05, 4.69) is 23.3 Å². The molecule has 0 aromatic heterocycles. The number of nitrogens with one attached hydrogen (secondary N) is 2. The Bertz CT molecular complexity index is 880. The van der Waals surface area contributed by atoms with Crippen molar-refractivity contribution in [1.29, 1.82) is 0 Å². The van der Waals surface area contributed by atoms with Crippen LogP contribution in [0.1, 0.15) is 75.6 Å². The van der Waals surface area contributed by atoms with Gasteiger partial charge in [-0.25, -0.2) is 4.79 Å². The number of hydrogen-bond donors (Lipinski definition) is 4. The number of rotatable bonds is 9. The maximum atomic E-state index is 13.7. The molecule has 2 atom stereocenters. The predicted octanol–water partition coefficient (Wildman–Crippen LogP) is 3.44. The summed E-state index contributed by atoms with van der Waals surface area (Å²) in [7, 11) is 0. The van der Waals surface area contributed by atoms with Gasteiger partial charge in [-0.05, 0) is 64.2 Å². The number of aliphatic hydroxyl groups excluding tert-OH is 1. The van der Waals surface area contributed by atoms with Gasteiger partial charge in [-0.15, -0.1) is 0 Å². The zero-order chi connectivity index (χ0) is 26.2. The van der Waals surface area contributed by atoms with Crippen molar-refractivity contribution in [2.45, 2.75) is 90.4 Å². The molecule has 1 aromatic carbocycles. The zero-order valence-corrected chi connectivity index (χ0v) is 22.5. The summed E-state index contributed by atoms with van der Waals surface area (Å²) in [6.45, 7) is 8.65. The molecule has 1 saturated carbocycles. The van der Waals surface area contributed by atoms with E-state index in [0.717, 1.165) is 43.2 Å². The number of amides is 3. The van der Waals surface area contributed by atoms with Gasteiger partial charge < -0.3 is 25.4 Å². The van der Waals surface area contributed by atoms with Gasteiger partial charge in [0.1, 0.15) is 17.7 Å². The van der Waals surface area contributed by atoms with Crippen LogP contribution in [0.4, 0.5) is 4.79 Å². The first-order chi connectivity index (χ1) is 16.5. The van der Waals surface area contributed by atoms with Crippen molar-refractivity contribution in [1.82, 2.24) is 15.5 Å². The number of thiol groups is 1. The van der Waals surface area contributed by atoms with Gasteiger partial charge in [-0.3, -0.25) is 9.59 Å². The summed E-state index contributed by atoms with van der Waals surface area (Å²) in [6.07, 6.45) is 4.32. The van der Waals surface area contributed by atoms with E-state index in [1.54, 1.807) is 20.8 Å². The van der Waals surface area contributed by atoms with Crippen molar-refractivity contribution in [2.24, 2.45) is 0 Å². The van der Waals surface area contributed by atoms with Gasteiger partial charge in [-0.1, -0.05) is 37.5 Å². The Morgan fingerprint density at radius 1 is 1.17 bits per heavy atom. The van der Waals surface area contributed by atoms with Crippen LogP contribution in [0.2, 0.25) is 0 Å². The lowest BCUT2D eigenvalue weighted by molar-refractivity contribution is -0.143. The molecule has 2 rings (SSSR count). The van der Waals surface area contributed by atoms with E-state index in [0.29, 0.717) is 5.56 Å². The highest BCUT2D eigenvalue weighted by Gasteiger charge is 2.37. The molecule has 3 amide bonds. The fraction of sp³-hybridized carbons (Fsp3) is 0.654. The van der Waals surface area contributed by atoms with Crippen LogP contribution in [-0.2, 0) is 14.3 Å². The highest BCUT2D eigenvalue weighted by molar-refractivity contribution is 7.80. The van der Waals surface area contributed by atoms with Gasteiger partial charge in [0.15, 0.2) is 0 Å². The van der Waals surface area contributed by atoms with Gasteiger partial charge in [-0.2, -0.15) is 12.6 Å². The molecular weight excluding hydrogens is 466 g/mol. The summed E-state index contributed by atoms with van der Waals surface area (Å²) in [5, 5.41) is 15.6. The molecule has 1 aliphatic rings. The second-order valence-corrected chi connectivity index (χ2v) is 10.5. The average Bonchev–Trinajstić information content (AvgIpc) is 2.79. The molecular formula is C26H41N3O5S. The van der Waals surface area contributed by atoms with E-state index >= 15 is 0 Å². The number of carbonyl (C=O) groups is 3. The molecule has 2 unspecified atom stereocenters. The minimum Gasteiger partial charge on any atom is -0.444 e. The number of aliphatic hydroxyl groups is 1. The molecule has 35 heavy (non-hydrogen) atoms. The molecule has 0 saturated heterocycles. The van der Waals surface area contributed by atoms with Crippen molar-refractivity contribution in [3.63, 3.8) is 0 Å². The molecule has 9 heteroatoms. The maximum Gasteiger partial charge on any atom is 0.408 e. The van der Waals surface area contributed by atoms with Crippen molar-refractivity contribution >= 4 is 30.5 Å². The number of hydrogen-bond acceptors (Lipinski definition) is 6. The third-order valence-corrected chi connectivity index (χ3v) is 6.61. The lowest BCUT2D eigenvalue weighted by Gasteiger charge is -2.36. The van der Waals surface area contributed by atoms with Crippen molar-refractivity contribution in [3.05, 3.63) is 34.9 Å². The SMILES string of the molecule is Cc1cccc(C(C(=O)NC2CCCCC2)N(CCO)C(=O)C(CS)NC(=O)OC(C)(C)C)c1C. The fourth-order valence-corrected chi connectivity index (χ4v) is 4.60. The van der Waals surface area contributed by atoms with Gasteiger partial charge in [0.2, 0.25) is 11.8 Å². The Morgan fingerprint density at radius 2 is 1.83 bits per heavy atom. The first-order valence-corrected chi connectivity index (χ1v) is 13.0. The first-order valence-electron chi connectivity index (χ1n) is 12.4. The summed E-state index contributed by atoms with van der Waals surface area (Å²) in [5.74, 6) is -0.795. The van der Waals surface area contributed by atoms with Gasteiger partial charge in [0.05, 0.1) is 6.61 Å². The largest absolute Gasteiger partial charge is 0.444 e. The van der Waals surface area contributed by atoms with Crippen LogP contribution in [0.25, 0.3) is 0 Å². The molecule has 0 heterocycles. The van der Waals surface area contributed by atoms with Crippen LogP contribution in [-0.4, -0.2) is 64.5 Å².